The first-order valence-corrected chi connectivity index (χ1v) is 7.63. The summed E-state index contributed by atoms with van der Waals surface area (Å²) in [6.07, 6.45) is 5.47. The molecule has 1 aromatic heterocycles. The van der Waals surface area contributed by atoms with Gasteiger partial charge in [0.25, 0.3) is 0 Å². The van der Waals surface area contributed by atoms with E-state index in [1.807, 2.05) is 6.92 Å². The van der Waals surface area contributed by atoms with Gasteiger partial charge >= 0.3 is 0 Å². The molecule has 0 amide bonds. The fourth-order valence-electron chi connectivity index (χ4n) is 2.75. The van der Waals surface area contributed by atoms with Crippen molar-refractivity contribution in [1.82, 2.24) is 10.1 Å². The monoisotopic (exact) mass is 281 g/mol. The smallest absolute Gasteiger partial charge is 0.244 e. The predicted molar refractivity (Wildman–Crippen MR) is 77.1 cm³/mol. The van der Waals surface area contributed by atoms with E-state index in [0.29, 0.717) is 18.3 Å². The molecule has 0 aromatic carbocycles. The lowest BCUT2D eigenvalue weighted by atomic mass is 9.83. The maximum absolute atomic E-state index is 6.19. The minimum Gasteiger partial charge on any atom is -0.367 e. The summed E-state index contributed by atoms with van der Waals surface area (Å²) in [5.41, 5.74) is 5.72. The van der Waals surface area contributed by atoms with Crippen molar-refractivity contribution in [2.45, 2.75) is 71.4 Å². The first kappa shape index (κ1) is 15.4. The largest absolute Gasteiger partial charge is 0.367 e. The molecule has 1 atom stereocenters. The Morgan fingerprint density at radius 2 is 1.95 bits per heavy atom. The third-order valence-corrected chi connectivity index (χ3v) is 4.13. The van der Waals surface area contributed by atoms with E-state index in [4.69, 9.17) is 15.0 Å². The Kier molecular flexibility index (Phi) is 4.49. The van der Waals surface area contributed by atoms with Crippen molar-refractivity contribution in [3.05, 3.63) is 11.7 Å². The molecule has 0 bridgehead atoms. The van der Waals surface area contributed by atoms with Crippen LogP contribution >= 0.6 is 0 Å². The van der Waals surface area contributed by atoms with Crippen LogP contribution in [-0.2, 0) is 10.3 Å². The van der Waals surface area contributed by atoms with Crippen LogP contribution < -0.4 is 5.73 Å². The first-order valence-electron chi connectivity index (χ1n) is 7.63. The fraction of sp³-hybridized carbons (Fsp3) is 0.867. The van der Waals surface area contributed by atoms with E-state index < -0.39 is 0 Å². The van der Waals surface area contributed by atoms with E-state index in [1.54, 1.807) is 0 Å². The minimum atomic E-state index is -0.369. The molecule has 0 aliphatic heterocycles. The lowest BCUT2D eigenvalue weighted by Gasteiger charge is -2.34. The Morgan fingerprint density at radius 3 is 2.50 bits per heavy atom. The normalized spacial score (nSPS) is 20.9. The second kappa shape index (κ2) is 5.82. The van der Waals surface area contributed by atoms with Crippen molar-refractivity contribution >= 4 is 0 Å². The van der Waals surface area contributed by atoms with Crippen molar-refractivity contribution in [2.75, 3.05) is 6.61 Å². The summed E-state index contributed by atoms with van der Waals surface area (Å²) in [5.74, 6) is 1.19. The van der Waals surface area contributed by atoms with Crippen molar-refractivity contribution < 1.29 is 9.26 Å². The zero-order chi connectivity index (χ0) is 14.8. The van der Waals surface area contributed by atoms with Crippen LogP contribution in [0, 0.1) is 5.41 Å². The summed E-state index contributed by atoms with van der Waals surface area (Å²) in [5, 5.41) is 4.17. The highest BCUT2D eigenvalue weighted by Gasteiger charge is 2.40. The van der Waals surface area contributed by atoms with Gasteiger partial charge in [-0.15, -0.1) is 0 Å². The summed E-state index contributed by atoms with van der Waals surface area (Å²) < 4.78 is 11.4. The highest BCUT2D eigenvalue weighted by atomic mass is 16.5. The molecular weight excluding hydrogens is 254 g/mol. The average molecular weight is 281 g/mol. The van der Waals surface area contributed by atoms with E-state index in [-0.39, 0.29) is 17.1 Å². The topological polar surface area (TPSA) is 74.2 Å². The SMILES string of the molecule is CCOC1(c2noc([C@H](N)C(C)(C)C)n2)CCCCC1. The van der Waals surface area contributed by atoms with Gasteiger partial charge in [0.2, 0.25) is 11.7 Å². The number of hydrogen-bond acceptors (Lipinski definition) is 5. The van der Waals surface area contributed by atoms with Crippen LogP contribution in [0.5, 0.6) is 0 Å². The van der Waals surface area contributed by atoms with Crippen LogP contribution in [0.1, 0.15) is 77.6 Å². The standard InChI is InChI=1S/C15H27N3O2/c1-5-19-15(9-7-6-8-10-15)13-17-12(20-18-13)11(16)14(2,3)4/h11H,5-10,16H2,1-4H3/t11-/m0/s1. The molecule has 0 saturated heterocycles. The molecule has 0 unspecified atom stereocenters. The summed E-state index contributed by atoms with van der Waals surface area (Å²) >= 11 is 0. The molecule has 5 nitrogen and oxygen atoms in total. The van der Waals surface area contributed by atoms with Gasteiger partial charge in [-0.05, 0) is 25.2 Å². The Balaban J connectivity index is 2.25. The molecule has 1 heterocycles. The zero-order valence-corrected chi connectivity index (χ0v) is 13.1. The molecule has 5 heteroatoms. The zero-order valence-electron chi connectivity index (χ0n) is 13.1. The molecular formula is C15H27N3O2. The van der Waals surface area contributed by atoms with Crippen LogP contribution in [0.25, 0.3) is 0 Å². The molecule has 2 rings (SSSR count). The third-order valence-electron chi connectivity index (χ3n) is 4.13. The van der Waals surface area contributed by atoms with Crippen molar-refractivity contribution in [1.29, 1.82) is 0 Å². The van der Waals surface area contributed by atoms with Crippen molar-refractivity contribution in [3.8, 4) is 0 Å². The second-order valence-electron chi connectivity index (χ2n) is 6.79. The number of ether oxygens (including phenoxy) is 1. The summed E-state index contributed by atoms with van der Waals surface area (Å²) in [6, 6.07) is -0.258. The number of hydrogen-bond donors (Lipinski definition) is 1. The van der Waals surface area contributed by atoms with E-state index in [1.165, 1.54) is 6.42 Å². The maximum Gasteiger partial charge on any atom is 0.244 e. The van der Waals surface area contributed by atoms with Gasteiger partial charge in [0, 0.05) is 6.61 Å². The van der Waals surface area contributed by atoms with Gasteiger partial charge in [0.05, 0.1) is 6.04 Å². The molecule has 0 radical (unpaired) electrons. The quantitative estimate of drug-likeness (QED) is 0.916. The molecule has 1 aliphatic carbocycles. The van der Waals surface area contributed by atoms with Crippen molar-refractivity contribution in [3.63, 3.8) is 0 Å². The summed E-state index contributed by atoms with van der Waals surface area (Å²) in [4.78, 5) is 4.56. The van der Waals surface area contributed by atoms with Gasteiger partial charge < -0.3 is 15.0 Å². The van der Waals surface area contributed by atoms with Crippen LogP contribution in [0.15, 0.2) is 4.52 Å². The van der Waals surface area contributed by atoms with Crippen LogP contribution in [-0.4, -0.2) is 16.7 Å². The maximum atomic E-state index is 6.19. The fourth-order valence-corrected chi connectivity index (χ4v) is 2.75. The van der Waals surface area contributed by atoms with E-state index in [2.05, 4.69) is 30.9 Å². The van der Waals surface area contributed by atoms with Crippen LogP contribution in [0.3, 0.4) is 0 Å². The van der Waals surface area contributed by atoms with E-state index in [9.17, 15) is 0 Å². The molecule has 0 spiro atoms. The Bertz CT molecular complexity index is 425. The lowest BCUT2D eigenvalue weighted by molar-refractivity contribution is -0.0777. The highest BCUT2D eigenvalue weighted by molar-refractivity contribution is 5.06. The molecule has 1 aliphatic rings. The Hall–Kier alpha value is -0.940. The molecule has 20 heavy (non-hydrogen) atoms. The van der Waals surface area contributed by atoms with Crippen LogP contribution in [0.2, 0.25) is 0 Å². The van der Waals surface area contributed by atoms with Gasteiger partial charge in [-0.1, -0.05) is 45.2 Å². The van der Waals surface area contributed by atoms with Crippen molar-refractivity contribution in [2.24, 2.45) is 11.1 Å². The molecule has 1 aromatic rings. The molecule has 1 saturated carbocycles. The molecule has 2 N–H and O–H groups in total. The third kappa shape index (κ3) is 3.04. The van der Waals surface area contributed by atoms with Gasteiger partial charge in [-0.3, -0.25) is 0 Å². The van der Waals surface area contributed by atoms with Gasteiger partial charge in [0.15, 0.2) is 0 Å². The number of rotatable bonds is 4. The summed E-state index contributed by atoms with van der Waals surface area (Å²) in [6.45, 7) is 8.88. The number of aromatic nitrogens is 2. The lowest BCUT2D eigenvalue weighted by Crippen LogP contribution is -2.34. The Labute approximate surface area is 121 Å². The van der Waals surface area contributed by atoms with E-state index in [0.717, 1.165) is 25.7 Å². The van der Waals surface area contributed by atoms with Gasteiger partial charge in [0.1, 0.15) is 5.60 Å². The Morgan fingerprint density at radius 1 is 1.30 bits per heavy atom. The van der Waals surface area contributed by atoms with Gasteiger partial charge in [-0.2, -0.15) is 4.98 Å². The highest BCUT2D eigenvalue weighted by Crippen LogP contribution is 2.40. The average Bonchev–Trinajstić information content (AvgIpc) is 2.88. The second-order valence-corrected chi connectivity index (χ2v) is 6.79. The molecule has 1 fully saturated rings. The number of nitrogens with zero attached hydrogens (tertiary/aromatic N) is 2. The molecule has 114 valence electrons. The predicted octanol–water partition coefficient (Wildman–Crippen LogP) is 3.31. The minimum absolute atomic E-state index is 0.102. The van der Waals surface area contributed by atoms with Crippen LogP contribution in [0.4, 0.5) is 0 Å². The summed E-state index contributed by atoms with van der Waals surface area (Å²) in [7, 11) is 0. The first-order chi connectivity index (χ1) is 9.39. The number of nitrogens with two attached hydrogens (primary N) is 1. The van der Waals surface area contributed by atoms with Gasteiger partial charge in [-0.25, -0.2) is 0 Å². The van der Waals surface area contributed by atoms with E-state index >= 15 is 0 Å².